The van der Waals surface area contributed by atoms with E-state index in [0.717, 1.165) is 0 Å². The maximum absolute atomic E-state index is 13.2. The summed E-state index contributed by atoms with van der Waals surface area (Å²) in [4.78, 5) is 54.7. The van der Waals surface area contributed by atoms with E-state index in [9.17, 15) is 24.3 Å². The fraction of sp³-hybridized carbons (Fsp3) is 0.214. The zero-order valence-electron chi connectivity index (χ0n) is 21.9. The molecule has 0 aliphatic heterocycles. The van der Waals surface area contributed by atoms with E-state index in [4.69, 9.17) is 15.9 Å². The summed E-state index contributed by atoms with van der Waals surface area (Å²) >= 11 is 0. The van der Waals surface area contributed by atoms with E-state index < -0.39 is 29.8 Å². The summed E-state index contributed by atoms with van der Waals surface area (Å²) in [7, 11) is 1.21. The number of pyridine rings is 1. The van der Waals surface area contributed by atoms with Crippen LogP contribution in [-0.2, 0) is 9.53 Å². The Kier molecular flexibility index (Phi) is 8.77. The average Bonchev–Trinajstić information content (AvgIpc) is 2.90. The lowest BCUT2D eigenvalue weighted by atomic mass is 9.95. The van der Waals surface area contributed by atoms with Gasteiger partial charge in [0.05, 0.1) is 12.7 Å². The van der Waals surface area contributed by atoms with Crippen molar-refractivity contribution in [2.24, 2.45) is 11.7 Å². The number of nitrogens with zero attached hydrogens (tertiary/aromatic N) is 1. The number of ether oxygens (including phenoxy) is 1. The van der Waals surface area contributed by atoms with E-state index in [2.05, 4.69) is 15.6 Å². The zero-order chi connectivity index (χ0) is 28.9. The second kappa shape index (κ2) is 12.0. The van der Waals surface area contributed by atoms with Crippen LogP contribution in [0.25, 0.3) is 11.1 Å². The van der Waals surface area contributed by atoms with Crippen molar-refractivity contribution in [2.75, 3.05) is 12.4 Å². The van der Waals surface area contributed by atoms with E-state index in [1.165, 1.54) is 25.3 Å². The SMILES string of the molecule is COC(=O)[C@@H](NC(=O)c1ccc(-c2ccc(C)nc2C(=O)Nc2ccc(C(=N)N)cc2)c(C(=O)O)c1)C(C)C. The minimum absolute atomic E-state index is 0.0161. The minimum Gasteiger partial charge on any atom is -0.478 e. The van der Waals surface area contributed by atoms with Gasteiger partial charge in [0.15, 0.2) is 0 Å². The Labute approximate surface area is 224 Å². The first kappa shape index (κ1) is 28.5. The molecule has 1 heterocycles. The molecule has 0 aliphatic carbocycles. The van der Waals surface area contributed by atoms with Crippen LogP contribution in [0.5, 0.6) is 0 Å². The van der Waals surface area contributed by atoms with Gasteiger partial charge in [-0.15, -0.1) is 0 Å². The van der Waals surface area contributed by atoms with Crippen molar-refractivity contribution < 1.29 is 29.0 Å². The number of nitrogens with two attached hydrogens (primary N) is 1. The number of methoxy groups -OCH3 is 1. The van der Waals surface area contributed by atoms with Crippen LogP contribution in [0, 0.1) is 18.3 Å². The van der Waals surface area contributed by atoms with Crippen LogP contribution in [0.3, 0.4) is 0 Å². The molecule has 0 saturated carbocycles. The molecule has 1 aromatic heterocycles. The molecule has 0 unspecified atom stereocenters. The first-order valence-corrected chi connectivity index (χ1v) is 11.9. The maximum Gasteiger partial charge on any atom is 0.336 e. The van der Waals surface area contributed by atoms with Gasteiger partial charge in [0.2, 0.25) is 0 Å². The number of carboxylic acids is 1. The second-order valence-electron chi connectivity index (χ2n) is 9.08. The van der Waals surface area contributed by atoms with Crippen LogP contribution < -0.4 is 16.4 Å². The topological polar surface area (TPSA) is 185 Å². The molecule has 3 rings (SSSR count). The maximum atomic E-state index is 13.2. The predicted molar refractivity (Wildman–Crippen MR) is 145 cm³/mol. The van der Waals surface area contributed by atoms with Crippen LogP contribution in [-0.4, -0.2) is 52.8 Å². The number of benzene rings is 2. The lowest BCUT2D eigenvalue weighted by molar-refractivity contribution is -0.144. The fourth-order valence-electron chi connectivity index (χ4n) is 3.82. The number of hydrogen-bond acceptors (Lipinski definition) is 7. The van der Waals surface area contributed by atoms with Crippen LogP contribution in [0.1, 0.15) is 56.3 Å². The smallest absolute Gasteiger partial charge is 0.336 e. The molecule has 202 valence electrons. The number of aromatic nitrogens is 1. The number of nitrogen functional groups attached to an aromatic ring is 1. The highest BCUT2D eigenvalue weighted by Crippen LogP contribution is 2.29. The number of anilines is 1. The Bertz CT molecular complexity index is 1450. The quantitative estimate of drug-likeness (QED) is 0.158. The minimum atomic E-state index is -1.32. The number of amides is 2. The van der Waals surface area contributed by atoms with Crippen molar-refractivity contribution in [3.63, 3.8) is 0 Å². The van der Waals surface area contributed by atoms with E-state index in [1.54, 1.807) is 57.2 Å². The van der Waals surface area contributed by atoms with Crippen LogP contribution in [0.2, 0.25) is 0 Å². The van der Waals surface area contributed by atoms with Crippen molar-refractivity contribution in [2.45, 2.75) is 26.8 Å². The monoisotopic (exact) mass is 531 g/mol. The summed E-state index contributed by atoms with van der Waals surface area (Å²) in [5.41, 5.74) is 7.12. The van der Waals surface area contributed by atoms with E-state index in [1.807, 2.05) is 0 Å². The van der Waals surface area contributed by atoms with Crippen molar-refractivity contribution in [3.8, 4) is 11.1 Å². The van der Waals surface area contributed by atoms with Crippen molar-refractivity contribution in [1.29, 1.82) is 5.41 Å². The van der Waals surface area contributed by atoms with Gasteiger partial charge in [0.1, 0.15) is 17.6 Å². The number of hydrogen-bond donors (Lipinski definition) is 5. The normalized spacial score (nSPS) is 11.4. The lowest BCUT2D eigenvalue weighted by Crippen LogP contribution is -2.45. The molecule has 0 bridgehead atoms. The van der Waals surface area contributed by atoms with Gasteiger partial charge in [-0.1, -0.05) is 26.0 Å². The van der Waals surface area contributed by atoms with Gasteiger partial charge in [-0.2, -0.15) is 0 Å². The molecular formula is C28H29N5O6. The molecule has 6 N–H and O–H groups in total. The zero-order valence-corrected chi connectivity index (χ0v) is 21.9. The molecule has 0 spiro atoms. The summed E-state index contributed by atoms with van der Waals surface area (Å²) < 4.78 is 4.75. The highest BCUT2D eigenvalue weighted by Gasteiger charge is 2.27. The Hall–Kier alpha value is -5.06. The molecule has 2 amide bonds. The summed E-state index contributed by atoms with van der Waals surface area (Å²) in [5.74, 6) is -3.55. The van der Waals surface area contributed by atoms with Gasteiger partial charge < -0.3 is 26.2 Å². The molecule has 2 aromatic carbocycles. The third-order valence-electron chi connectivity index (χ3n) is 5.91. The van der Waals surface area contributed by atoms with Gasteiger partial charge in [-0.3, -0.25) is 15.0 Å². The van der Waals surface area contributed by atoms with E-state index >= 15 is 0 Å². The summed E-state index contributed by atoms with van der Waals surface area (Å²) in [6.45, 7) is 5.17. The Balaban J connectivity index is 1.99. The van der Waals surface area contributed by atoms with Gasteiger partial charge >= 0.3 is 11.9 Å². The number of esters is 1. The molecule has 39 heavy (non-hydrogen) atoms. The Morgan fingerprint density at radius 3 is 2.13 bits per heavy atom. The Morgan fingerprint density at radius 2 is 1.56 bits per heavy atom. The predicted octanol–water partition coefficient (Wildman–Crippen LogP) is 3.22. The van der Waals surface area contributed by atoms with Crippen LogP contribution in [0.15, 0.2) is 54.6 Å². The number of rotatable bonds is 9. The molecule has 11 nitrogen and oxygen atoms in total. The third-order valence-corrected chi connectivity index (χ3v) is 5.91. The largest absolute Gasteiger partial charge is 0.478 e. The number of carbonyl (C=O) groups is 4. The van der Waals surface area contributed by atoms with E-state index in [-0.39, 0.29) is 39.7 Å². The average molecular weight is 532 g/mol. The molecular weight excluding hydrogens is 502 g/mol. The molecule has 11 heteroatoms. The number of aromatic carboxylic acids is 1. The van der Waals surface area contributed by atoms with Gasteiger partial charge in [0.25, 0.3) is 11.8 Å². The number of carboxylic acid groups (broad SMARTS) is 1. The number of amidine groups is 1. The summed E-state index contributed by atoms with van der Waals surface area (Å²) in [6.07, 6.45) is 0. The van der Waals surface area contributed by atoms with Crippen molar-refractivity contribution >= 4 is 35.3 Å². The summed E-state index contributed by atoms with van der Waals surface area (Å²) in [5, 5.41) is 22.8. The Morgan fingerprint density at radius 1 is 0.949 bits per heavy atom. The number of carbonyl (C=O) groups excluding carboxylic acids is 3. The summed E-state index contributed by atoms with van der Waals surface area (Å²) in [6, 6.07) is 12.7. The highest BCUT2D eigenvalue weighted by molar-refractivity contribution is 6.10. The molecule has 0 aliphatic rings. The van der Waals surface area contributed by atoms with Crippen molar-refractivity contribution in [1.82, 2.24) is 10.3 Å². The van der Waals surface area contributed by atoms with Crippen molar-refractivity contribution in [3.05, 3.63) is 82.7 Å². The molecule has 0 fully saturated rings. The van der Waals surface area contributed by atoms with Crippen LogP contribution in [0.4, 0.5) is 5.69 Å². The standard InChI is InChI=1S/C28H29N5O6/c1-14(2)22(28(38)39-4)33-25(34)17-8-12-19(21(13-17)27(36)37)20-11-5-15(3)31-23(20)26(35)32-18-9-6-16(7-10-18)24(29)30/h5-14,22H,1-4H3,(H3,29,30)(H,32,35)(H,33,34)(H,36,37)/t22-/m0/s1. The molecule has 0 saturated heterocycles. The van der Waals surface area contributed by atoms with E-state index in [0.29, 0.717) is 16.9 Å². The first-order valence-electron chi connectivity index (χ1n) is 11.9. The molecule has 0 radical (unpaired) electrons. The highest BCUT2D eigenvalue weighted by atomic mass is 16.5. The van der Waals surface area contributed by atoms with Gasteiger partial charge in [-0.25, -0.2) is 14.6 Å². The number of nitrogens with one attached hydrogen (secondary N) is 3. The lowest BCUT2D eigenvalue weighted by Gasteiger charge is -2.20. The second-order valence-corrected chi connectivity index (χ2v) is 9.08. The third kappa shape index (κ3) is 6.63. The first-order chi connectivity index (χ1) is 18.4. The molecule has 3 aromatic rings. The van der Waals surface area contributed by atoms with Gasteiger partial charge in [0, 0.05) is 28.1 Å². The number of aryl methyl sites for hydroxylation is 1. The molecule has 1 atom stereocenters. The van der Waals surface area contributed by atoms with Gasteiger partial charge in [-0.05, 0) is 60.9 Å². The fourth-order valence-corrected chi connectivity index (χ4v) is 3.82. The van der Waals surface area contributed by atoms with Crippen LogP contribution >= 0.6 is 0 Å².